The number of carboxylic acids is 1. The van der Waals surface area contributed by atoms with Gasteiger partial charge in [0.2, 0.25) is 0 Å². The van der Waals surface area contributed by atoms with Gasteiger partial charge >= 0.3 is 18.0 Å². The minimum atomic E-state index is -1.04. The third-order valence-electron chi connectivity index (χ3n) is 4.79. The summed E-state index contributed by atoms with van der Waals surface area (Å²) in [4.78, 5) is 35.8. The van der Waals surface area contributed by atoms with Gasteiger partial charge in [-0.25, -0.2) is 9.59 Å². The van der Waals surface area contributed by atoms with Crippen molar-refractivity contribution in [1.29, 1.82) is 0 Å². The lowest BCUT2D eigenvalue weighted by molar-refractivity contribution is -0.161. The molecule has 1 aromatic rings. The monoisotopic (exact) mass is 451 g/mol. The molecule has 0 saturated carbocycles. The van der Waals surface area contributed by atoms with E-state index in [-0.39, 0.29) is 32.2 Å². The summed E-state index contributed by atoms with van der Waals surface area (Å²) in [5, 5.41) is 11.5. The van der Waals surface area contributed by atoms with Gasteiger partial charge in [-0.3, -0.25) is 4.79 Å². The Balaban J connectivity index is 2.15. The molecule has 1 fully saturated rings. The maximum atomic E-state index is 12.7. The molecule has 32 heavy (non-hydrogen) atoms. The lowest BCUT2D eigenvalue weighted by Gasteiger charge is -2.30. The largest absolute Gasteiger partial charge is 0.481 e. The van der Waals surface area contributed by atoms with Crippen molar-refractivity contribution in [3.8, 4) is 0 Å². The third kappa shape index (κ3) is 8.84. The number of hydrogen-bond donors (Lipinski definition) is 2. The molecule has 1 saturated heterocycles. The number of nitrogens with one attached hydrogen (secondary N) is 1. The van der Waals surface area contributed by atoms with E-state index in [1.807, 2.05) is 30.3 Å². The molecular formula is C23H33NO8. The molecule has 0 spiro atoms. The molecule has 0 bridgehead atoms. The zero-order valence-corrected chi connectivity index (χ0v) is 19.0. The number of esters is 1. The Bertz CT molecular complexity index is 761. The summed E-state index contributed by atoms with van der Waals surface area (Å²) in [6.07, 6.45) is -1.60. The van der Waals surface area contributed by atoms with Gasteiger partial charge in [0, 0.05) is 5.92 Å². The van der Waals surface area contributed by atoms with Crippen LogP contribution in [0.2, 0.25) is 0 Å². The molecule has 1 aromatic carbocycles. The third-order valence-corrected chi connectivity index (χ3v) is 4.79. The molecule has 1 amide bonds. The summed E-state index contributed by atoms with van der Waals surface area (Å²) in [6, 6.07) is 8.68. The molecular weight excluding hydrogens is 418 g/mol. The summed E-state index contributed by atoms with van der Waals surface area (Å²) < 4.78 is 22.5. The minimum Gasteiger partial charge on any atom is -0.481 e. The van der Waals surface area contributed by atoms with Gasteiger partial charge in [-0.1, -0.05) is 30.3 Å². The van der Waals surface area contributed by atoms with Crippen molar-refractivity contribution in [2.24, 2.45) is 5.92 Å². The lowest BCUT2D eigenvalue weighted by Crippen LogP contribution is -2.47. The van der Waals surface area contributed by atoms with E-state index >= 15 is 0 Å². The van der Waals surface area contributed by atoms with E-state index in [4.69, 9.17) is 24.1 Å². The molecule has 2 N–H and O–H groups in total. The van der Waals surface area contributed by atoms with E-state index in [1.54, 1.807) is 27.7 Å². The maximum Gasteiger partial charge on any atom is 0.408 e. The summed E-state index contributed by atoms with van der Waals surface area (Å²) >= 11 is 0. The van der Waals surface area contributed by atoms with E-state index in [1.165, 1.54) is 0 Å². The van der Waals surface area contributed by atoms with Crippen LogP contribution in [-0.2, 0) is 35.0 Å². The number of carbonyl (C=O) groups is 3. The predicted octanol–water partition coefficient (Wildman–Crippen LogP) is 2.56. The van der Waals surface area contributed by atoms with Gasteiger partial charge in [-0.05, 0) is 39.7 Å². The zero-order chi connectivity index (χ0) is 23.7. The van der Waals surface area contributed by atoms with Crippen LogP contribution >= 0.6 is 0 Å². The standard InChI is InChI=1S/C23H33NO8/c1-15-20(30-11-10-19(25)26)17(12-16-8-6-5-7-9-16)13-29-14-18(21(27)31-15)24-22(28)32-23(2,3)4/h5-9,15,17-18,20H,10-14H2,1-4H3,(H,24,28)(H,25,26)/t15-,17+,18-,20-/m0/s1. The van der Waals surface area contributed by atoms with Gasteiger partial charge in [-0.2, -0.15) is 0 Å². The number of amides is 1. The van der Waals surface area contributed by atoms with Crippen molar-refractivity contribution in [3.63, 3.8) is 0 Å². The number of cyclic esters (lactones) is 1. The van der Waals surface area contributed by atoms with Gasteiger partial charge in [-0.15, -0.1) is 0 Å². The van der Waals surface area contributed by atoms with Crippen LogP contribution in [0.3, 0.4) is 0 Å². The fourth-order valence-corrected chi connectivity index (χ4v) is 3.41. The van der Waals surface area contributed by atoms with E-state index < -0.39 is 41.9 Å². The Morgan fingerprint density at radius 1 is 1.19 bits per heavy atom. The summed E-state index contributed by atoms with van der Waals surface area (Å²) in [5.41, 5.74) is 0.332. The van der Waals surface area contributed by atoms with E-state index in [9.17, 15) is 14.4 Å². The van der Waals surface area contributed by atoms with Crippen molar-refractivity contribution < 1.29 is 38.4 Å². The number of benzene rings is 1. The molecule has 0 aliphatic carbocycles. The Hall–Kier alpha value is -2.65. The van der Waals surface area contributed by atoms with Gasteiger partial charge < -0.3 is 29.4 Å². The highest BCUT2D eigenvalue weighted by Crippen LogP contribution is 2.23. The Morgan fingerprint density at radius 3 is 2.50 bits per heavy atom. The van der Waals surface area contributed by atoms with Crippen LogP contribution < -0.4 is 5.32 Å². The van der Waals surface area contributed by atoms with Crippen molar-refractivity contribution in [1.82, 2.24) is 5.32 Å². The first kappa shape index (κ1) is 25.6. The molecule has 1 aliphatic rings. The topological polar surface area (TPSA) is 120 Å². The van der Waals surface area contributed by atoms with Crippen LogP contribution in [0.15, 0.2) is 30.3 Å². The number of alkyl carbamates (subject to hydrolysis) is 1. The Morgan fingerprint density at radius 2 is 1.88 bits per heavy atom. The molecule has 2 rings (SSSR count). The average Bonchev–Trinajstić information content (AvgIpc) is 2.72. The van der Waals surface area contributed by atoms with Crippen LogP contribution in [0.4, 0.5) is 4.79 Å². The lowest BCUT2D eigenvalue weighted by atomic mass is 9.91. The first-order valence-corrected chi connectivity index (χ1v) is 10.7. The Kier molecular flexibility index (Phi) is 9.46. The minimum absolute atomic E-state index is 0.0211. The van der Waals surface area contributed by atoms with E-state index in [2.05, 4.69) is 5.32 Å². The molecule has 4 atom stereocenters. The number of ether oxygens (including phenoxy) is 4. The van der Waals surface area contributed by atoms with Crippen LogP contribution in [0.1, 0.15) is 39.7 Å². The molecule has 0 aromatic heterocycles. The summed E-state index contributed by atoms with van der Waals surface area (Å²) in [6.45, 7) is 6.99. The first-order valence-electron chi connectivity index (χ1n) is 10.7. The highest BCUT2D eigenvalue weighted by atomic mass is 16.6. The predicted molar refractivity (Wildman–Crippen MR) is 115 cm³/mol. The van der Waals surface area contributed by atoms with Gasteiger partial charge in [0.15, 0.2) is 6.04 Å². The van der Waals surface area contributed by atoms with Gasteiger partial charge in [0.05, 0.1) is 32.3 Å². The molecule has 178 valence electrons. The normalized spacial score (nSPS) is 24.4. The number of carboxylic acid groups (broad SMARTS) is 1. The number of hydrogen-bond acceptors (Lipinski definition) is 7. The van der Waals surface area contributed by atoms with Gasteiger partial charge in [0.1, 0.15) is 11.7 Å². The second kappa shape index (κ2) is 11.8. The van der Waals surface area contributed by atoms with Crippen LogP contribution in [0.25, 0.3) is 0 Å². The fraction of sp³-hybridized carbons (Fsp3) is 0.609. The van der Waals surface area contributed by atoms with Crippen molar-refractivity contribution >= 4 is 18.0 Å². The highest BCUT2D eigenvalue weighted by molar-refractivity contribution is 5.81. The molecule has 0 radical (unpaired) electrons. The van der Waals surface area contributed by atoms with Crippen molar-refractivity contribution in [3.05, 3.63) is 35.9 Å². The summed E-state index contributed by atoms with van der Waals surface area (Å²) in [5.74, 6) is -1.85. The smallest absolute Gasteiger partial charge is 0.408 e. The number of carbonyl (C=O) groups excluding carboxylic acids is 2. The molecule has 9 nitrogen and oxygen atoms in total. The molecule has 9 heteroatoms. The van der Waals surface area contributed by atoms with Crippen molar-refractivity contribution in [2.75, 3.05) is 19.8 Å². The van der Waals surface area contributed by atoms with Crippen LogP contribution in [0, 0.1) is 5.92 Å². The van der Waals surface area contributed by atoms with Crippen molar-refractivity contribution in [2.45, 2.75) is 64.4 Å². The number of aliphatic carboxylic acids is 1. The maximum absolute atomic E-state index is 12.7. The zero-order valence-electron chi connectivity index (χ0n) is 19.0. The second-order valence-electron chi connectivity index (χ2n) is 8.81. The quantitative estimate of drug-likeness (QED) is 0.607. The number of rotatable bonds is 7. The second-order valence-corrected chi connectivity index (χ2v) is 8.81. The van der Waals surface area contributed by atoms with Crippen LogP contribution in [0.5, 0.6) is 0 Å². The Labute approximate surface area is 188 Å². The van der Waals surface area contributed by atoms with E-state index in [0.29, 0.717) is 6.42 Å². The molecule has 0 unspecified atom stereocenters. The average molecular weight is 452 g/mol. The fourth-order valence-electron chi connectivity index (χ4n) is 3.41. The molecule has 1 heterocycles. The first-order chi connectivity index (χ1) is 15.0. The van der Waals surface area contributed by atoms with Crippen LogP contribution in [-0.4, -0.2) is 66.8 Å². The summed E-state index contributed by atoms with van der Waals surface area (Å²) in [7, 11) is 0. The highest BCUT2D eigenvalue weighted by Gasteiger charge is 2.36. The van der Waals surface area contributed by atoms with E-state index in [0.717, 1.165) is 5.56 Å². The molecule has 1 aliphatic heterocycles. The SMILES string of the molecule is C[C@@H]1OC(=O)[C@@H](NC(=O)OC(C)(C)C)COC[C@@H](Cc2ccccc2)[C@H]1OCCC(=O)O. The van der Waals surface area contributed by atoms with Gasteiger partial charge in [0.25, 0.3) is 0 Å².